The molecule has 0 fully saturated rings. The standard InChI is InChI=1S/C10H13NO/c1-9-10(5-2-3-8-12)6-4-7-11-9/h2,4-7,12H,3,8H2,1H3. The van der Waals surface area contributed by atoms with Gasteiger partial charge in [0.05, 0.1) is 0 Å². The second-order valence-corrected chi connectivity index (χ2v) is 2.59. The van der Waals surface area contributed by atoms with Gasteiger partial charge in [-0.2, -0.15) is 0 Å². The number of aliphatic hydroxyl groups is 1. The number of rotatable bonds is 3. The Morgan fingerprint density at radius 2 is 2.42 bits per heavy atom. The molecule has 0 amide bonds. The first kappa shape index (κ1) is 8.94. The number of aryl methyl sites for hydroxylation is 1. The molecule has 0 aliphatic heterocycles. The van der Waals surface area contributed by atoms with E-state index in [1.807, 2.05) is 31.2 Å². The van der Waals surface area contributed by atoms with Crippen molar-refractivity contribution in [1.82, 2.24) is 4.98 Å². The minimum Gasteiger partial charge on any atom is -0.396 e. The summed E-state index contributed by atoms with van der Waals surface area (Å²) in [5, 5.41) is 8.55. The lowest BCUT2D eigenvalue weighted by Crippen LogP contribution is -1.84. The summed E-state index contributed by atoms with van der Waals surface area (Å²) in [4.78, 5) is 4.14. The van der Waals surface area contributed by atoms with Gasteiger partial charge in [0.1, 0.15) is 0 Å². The second-order valence-electron chi connectivity index (χ2n) is 2.59. The Hall–Kier alpha value is -1.15. The van der Waals surface area contributed by atoms with E-state index < -0.39 is 0 Å². The number of aliphatic hydroxyl groups excluding tert-OH is 1. The molecule has 64 valence electrons. The molecule has 0 spiro atoms. The third kappa shape index (κ3) is 2.47. The third-order valence-electron chi connectivity index (χ3n) is 1.64. The molecule has 0 bridgehead atoms. The minimum absolute atomic E-state index is 0.204. The summed E-state index contributed by atoms with van der Waals surface area (Å²) in [5.41, 5.74) is 2.14. The summed E-state index contributed by atoms with van der Waals surface area (Å²) in [6.07, 6.45) is 6.41. The predicted molar refractivity (Wildman–Crippen MR) is 49.7 cm³/mol. The van der Waals surface area contributed by atoms with Crippen molar-refractivity contribution in [3.63, 3.8) is 0 Å². The second kappa shape index (κ2) is 4.67. The quantitative estimate of drug-likeness (QED) is 0.736. The monoisotopic (exact) mass is 163 g/mol. The van der Waals surface area contributed by atoms with Crippen molar-refractivity contribution in [1.29, 1.82) is 0 Å². The van der Waals surface area contributed by atoms with Crippen LogP contribution in [0, 0.1) is 6.92 Å². The normalized spacial score (nSPS) is 10.8. The van der Waals surface area contributed by atoms with Crippen molar-refractivity contribution in [2.75, 3.05) is 6.61 Å². The fourth-order valence-corrected chi connectivity index (χ4v) is 0.958. The lowest BCUT2D eigenvalue weighted by molar-refractivity contribution is 0.303. The molecule has 1 rings (SSSR count). The Kier molecular flexibility index (Phi) is 3.48. The molecule has 0 saturated carbocycles. The predicted octanol–water partition coefficient (Wildman–Crippen LogP) is 1.79. The van der Waals surface area contributed by atoms with Gasteiger partial charge in [-0.15, -0.1) is 0 Å². The zero-order chi connectivity index (χ0) is 8.81. The van der Waals surface area contributed by atoms with Crippen LogP contribution in [0.15, 0.2) is 24.4 Å². The van der Waals surface area contributed by atoms with Gasteiger partial charge in [-0.3, -0.25) is 4.98 Å². The first-order chi connectivity index (χ1) is 5.84. The average molecular weight is 163 g/mol. The van der Waals surface area contributed by atoms with E-state index in [2.05, 4.69) is 4.98 Å². The smallest absolute Gasteiger partial charge is 0.0465 e. The van der Waals surface area contributed by atoms with Crippen LogP contribution in [0.4, 0.5) is 0 Å². The van der Waals surface area contributed by atoms with Crippen LogP contribution in [0.3, 0.4) is 0 Å². The van der Waals surface area contributed by atoms with Gasteiger partial charge >= 0.3 is 0 Å². The van der Waals surface area contributed by atoms with Crippen LogP contribution in [-0.4, -0.2) is 16.7 Å². The highest BCUT2D eigenvalue weighted by Gasteiger charge is 1.90. The Morgan fingerprint density at radius 3 is 3.08 bits per heavy atom. The Balaban J connectivity index is 2.68. The molecule has 2 heteroatoms. The average Bonchev–Trinajstić information content (AvgIpc) is 2.09. The summed E-state index contributed by atoms with van der Waals surface area (Å²) >= 11 is 0. The van der Waals surface area contributed by atoms with Crippen LogP contribution >= 0.6 is 0 Å². The molecule has 0 saturated heterocycles. The van der Waals surface area contributed by atoms with E-state index in [0.717, 1.165) is 11.3 Å². The van der Waals surface area contributed by atoms with Crippen molar-refractivity contribution in [2.24, 2.45) is 0 Å². The van der Waals surface area contributed by atoms with Crippen LogP contribution in [0.2, 0.25) is 0 Å². The zero-order valence-corrected chi connectivity index (χ0v) is 7.20. The summed E-state index contributed by atoms with van der Waals surface area (Å²) in [6.45, 7) is 2.18. The highest BCUT2D eigenvalue weighted by molar-refractivity contribution is 5.50. The molecule has 1 heterocycles. The van der Waals surface area contributed by atoms with Crippen LogP contribution in [0.1, 0.15) is 17.7 Å². The van der Waals surface area contributed by atoms with Gasteiger partial charge in [-0.25, -0.2) is 0 Å². The largest absolute Gasteiger partial charge is 0.396 e. The molecule has 0 aliphatic carbocycles. The maximum Gasteiger partial charge on any atom is 0.0465 e. The van der Waals surface area contributed by atoms with Crippen molar-refractivity contribution in [3.8, 4) is 0 Å². The van der Waals surface area contributed by atoms with Crippen molar-refractivity contribution < 1.29 is 5.11 Å². The molecule has 1 N–H and O–H groups in total. The number of nitrogens with zero attached hydrogens (tertiary/aromatic N) is 1. The van der Waals surface area contributed by atoms with E-state index in [0.29, 0.717) is 6.42 Å². The van der Waals surface area contributed by atoms with Gasteiger partial charge in [0.25, 0.3) is 0 Å². The maximum absolute atomic E-state index is 8.55. The Labute approximate surface area is 72.6 Å². The van der Waals surface area contributed by atoms with E-state index in [1.54, 1.807) is 6.20 Å². The van der Waals surface area contributed by atoms with Crippen LogP contribution < -0.4 is 0 Å². The third-order valence-corrected chi connectivity index (χ3v) is 1.64. The molecule has 1 aromatic rings. The summed E-state index contributed by atoms with van der Waals surface area (Å²) < 4.78 is 0. The van der Waals surface area contributed by atoms with E-state index in [9.17, 15) is 0 Å². The zero-order valence-electron chi connectivity index (χ0n) is 7.20. The van der Waals surface area contributed by atoms with E-state index in [-0.39, 0.29) is 6.61 Å². The molecule has 0 atom stereocenters. The summed E-state index contributed by atoms with van der Waals surface area (Å²) in [5.74, 6) is 0. The molecule has 2 nitrogen and oxygen atoms in total. The molecular weight excluding hydrogens is 150 g/mol. The van der Waals surface area contributed by atoms with Crippen LogP contribution in [0.25, 0.3) is 6.08 Å². The number of hydrogen-bond acceptors (Lipinski definition) is 2. The lowest BCUT2D eigenvalue weighted by Gasteiger charge is -1.96. The minimum atomic E-state index is 0.204. The fourth-order valence-electron chi connectivity index (χ4n) is 0.958. The van der Waals surface area contributed by atoms with Crippen molar-refractivity contribution >= 4 is 6.08 Å². The van der Waals surface area contributed by atoms with Crippen molar-refractivity contribution in [3.05, 3.63) is 35.7 Å². The first-order valence-corrected chi connectivity index (χ1v) is 4.03. The van der Waals surface area contributed by atoms with Crippen LogP contribution in [0.5, 0.6) is 0 Å². The molecular formula is C10H13NO. The highest BCUT2D eigenvalue weighted by atomic mass is 16.2. The van der Waals surface area contributed by atoms with E-state index in [1.165, 1.54) is 0 Å². The van der Waals surface area contributed by atoms with Gasteiger partial charge in [0, 0.05) is 18.5 Å². The topological polar surface area (TPSA) is 33.1 Å². The number of pyridine rings is 1. The fraction of sp³-hybridized carbons (Fsp3) is 0.300. The molecule has 12 heavy (non-hydrogen) atoms. The van der Waals surface area contributed by atoms with Gasteiger partial charge in [0.2, 0.25) is 0 Å². The van der Waals surface area contributed by atoms with Gasteiger partial charge in [0.15, 0.2) is 0 Å². The van der Waals surface area contributed by atoms with E-state index in [4.69, 9.17) is 5.11 Å². The molecule has 0 aliphatic rings. The first-order valence-electron chi connectivity index (χ1n) is 4.03. The van der Waals surface area contributed by atoms with Crippen LogP contribution in [-0.2, 0) is 0 Å². The molecule has 0 aromatic carbocycles. The maximum atomic E-state index is 8.55. The highest BCUT2D eigenvalue weighted by Crippen LogP contribution is 2.05. The van der Waals surface area contributed by atoms with Crippen molar-refractivity contribution in [2.45, 2.75) is 13.3 Å². The van der Waals surface area contributed by atoms with Gasteiger partial charge in [-0.05, 0) is 25.0 Å². The number of aromatic nitrogens is 1. The van der Waals surface area contributed by atoms with Gasteiger partial charge < -0.3 is 5.11 Å². The van der Waals surface area contributed by atoms with E-state index >= 15 is 0 Å². The lowest BCUT2D eigenvalue weighted by atomic mass is 10.2. The number of hydrogen-bond donors (Lipinski definition) is 1. The molecule has 0 radical (unpaired) electrons. The van der Waals surface area contributed by atoms with Gasteiger partial charge in [-0.1, -0.05) is 18.2 Å². The SMILES string of the molecule is Cc1ncccc1C=CCCO. The Bertz CT molecular complexity index is 268. The summed E-state index contributed by atoms with van der Waals surface area (Å²) in [7, 11) is 0. The Morgan fingerprint density at radius 1 is 1.58 bits per heavy atom. The molecule has 0 unspecified atom stereocenters. The molecule has 1 aromatic heterocycles. The summed E-state index contributed by atoms with van der Waals surface area (Å²) in [6, 6.07) is 3.92.